The van der Waals surface area contributed by atoms with E-state index in [2.05, 4.69) is 31.7 Å². The highest BCUT2D eigenvalue weighted by Gasteiger charge is 2.58. The van der Waals surface area contributed by atoms with Gasteiger partial charge in [0.1, 0.15) is 17.0 Å². The van der Waals surface area contributed by atoms with Gasteiger partial charge >= 0.3 is 0 Å². The van der Waals surface area contributed by atoms with Crippen molar-refractivity contribution in [3.05, 3.63) is 69.2 Å². The topological polar surface area (TPSA) is 27.0 Å². The molecular formula is C30H36Cl2F2N2. The first kappa shape index (κ1) is 27.4. The summed E-state index contributed by atoms with van der Waals surface area (Å²) in [4.78, 5) is 2.34. The molecule has 194 valence electrons. The largest absolute Gasteiger partial charge is 0.298 e. The Balaban J connectivity index is 1.86. The molecule has 1 saturated carbocycles. The van der Waals surface area contributed by atoms with Gasteiger partial charge < -0.3 is 0 Å². The van der Waals surface area contributed by atoms with E-state index in [9.17, 15) is 5.26 Å². The number of hydrogen-bond acceptors (Lipinski definition) is 2. The molecule has 0 bridgehead atoms. The zero-order chi connectivity index (χ0) is 26.1. The van der Waals surface area contributed by atoms with E-state index >= 15 is 8.78 Å². The lowest BCUT2D eigenvalue weighted by molar-refractivity contribution is 0.151. The van der Waals surface area contributed by atoms with Crippen molar-refractivity contribution in [1.29, 1.82) is 5.26 Å². The summed E-state index contributed by atoms with van der Waals surface area (Å²) >= 11 is 12.3. The van der Waals surface area contributed by atoms with E-state index in [4.69, 9.17) is 23.2 Å². The molecule has 6 heteroatoms. The number of benzene rings is 2. The predicted molar refractivity (Wildman–Crippen MR) is 143 cm³/mol. The summed E-state index contributed by atoms with van der Waals surface area (Å²) in [6.07, 6.45) is 8.02. The van der Waals surface area contributed by atoms with Crippen LogP contribution in [0.25, 0.3) is 0 Å². The molecule has 1 aliphatic heterocycles. The maximum absolute atomic E-state index is 15.6. The SMILES string of the molecule is CC(C)(C)CC1N(CCC2CCCCC2)CC(c2cccc(Cl)c2F)[C@@]1(C#N)c1ccc(Cl)cc1F. The number of nitrogens with zero attached hydrogens (tertiary/aromatic N) is 2. The van der Waals surface area contributed by atoms with Gasteiger partial charge in [-0.05, 0) is 54.5 Å². The van der Waals surface area contributed by atoms with E-state index in [1.807, 2.05) is 0 Å². The molecule has 0 N–H and O–H groups in total. The summed E-state index contributed by atoms with van der Waals surface area (Å²) < 4.78 is 31.1. The molecule has 2 unspecified atom stereocenters. The molecule has 1 saturated heterocycles. The Bertz CT molecular complexity index is 1120. The Kier molecular flexibility index (Phi) is 8.35. The van der Waals surface area contributed by atoms with Crippen LogP contribution >= 0.6 is 23.2 Å². The second-order valence-electron chi connectivity index (χ2n) is 11.9. The summed E-state index contributed by atoms with van der Waals surface area (Å²) in [6.45, 7) is 7.70. The Labute approximate surface area is 224 Å². The average Bonchev–Trinajstić information content (AvgIpc) is 3.12. The molecule has 2 aromatic carbocycles. The van der Waals surface area contributed by atoms with Crippen molar-refractivity contribution in [2.45, 2.75) is 83.1 Å². The van der Waals surface area contributed by atoms with Gasteiger partial charge in [-0.2, -0.15) is 5.26 Å². The summed E-state index contributed by atoms with van der Waals surface area (Å²) in [5.74, 6) is -0.957. The summed E-state index contributed by atoms with van der Waals surface area (Å²) in [5.41, 5.74) is -0.758. The monoisotopic (exact) mass is 532 g/mol. The second-order valence-corrected chi connectivity index (χ2v) is 12.7. The molecule has 1 heterocycles. The Morgan fingerprint density at radius 3 is 2.44 bits per heavy atom. The second kappa shape index (κ2) is 11.0. The van der Waals surface area contributed by atoms with Crippen LogP contribution in [0.2, 0.25) is 10.0 Å². The molecule has 2 fully saturated rings. The van der Waals surface area contributed by atoms with Crippen molar-refractivity contribution in [2.24, 2.45) is 11.3 Å². The lowest BCUT2D eigenvalue weighted by atomic mass is 9.64. The van der Waals surface area contributed by atoms with Crippen molar-refractivity contribution in [2.75, 3.05) is 13.1 Å². The average molecular weight is 534 g/mol. The van der Waals surface area contributed by atoms with E-state index < -0.39 is 23.0 Å². The van der Waals surface area contributed by atoms with Crippen LogP contribution in [0.3, 0.4) is 0 Å². The Morgan fingerprint density at radius 2 is 1.81 bits per heavy atom. The fraction of sp³-hybridized carbons (Fsp3) is 0.567. The molecule has 2 aromatic rings. The van der Waals surface area contributed by atoms with E-state index in [0.29, 0.717) is 24.4 Å². The third kappa shape index (κ3) is 5.45. The standard InChI is InChI=1S/C30H36Cl2F2N2/c1-29(2,3)17-27-30(19-35,23-13-12-21(31)16-26(23)33)24(22-10-7-11-25(32)28(22)34)18-36(27)15-14-20-8-5-4-6-9-20/h7,10-13,16,20,24,27H,4-6,8-9,14-15,17-18H2,1-3H3/t24?,27?,30-/m1/s1. The van der Waals surface area contributed by atoms with Crippen LogP contribution in [-0.4, -0.2) is 24.0 Å². The minimum atomic E-state index is -1.29. The highest BCUT2D eigenvalue weighted by Crippen LogP contribution is 2.53. The number of hydrogen-bond donors (Lipinski definition) is 0. The summed E-state index contributed by atoms with van der Waals surface area (Å²) in [5, 5.41) is 11.2. The molecule has 0 aromatic heterocycles. The molecule has 2 aliphatic rings. The van der Waals surface area contributed by atoms with Crippen LogP contribution in [0.4, 0.5) is 8.78 Å². The van der Waals surface area contributed by atoms with Gasteiger partial charge in [0, 0.05) is 29.1 Å². The molecule has 0 spiro atoms. The first-order valence-corrected chi connectivity index (χ1v) is 13.9. The molecule has 0 radical (unpaired) electrons. The van der Waals surface area contributed by atoms with Gasteiger partial charge in [-0.15, -0.1) is 0 Å². The fourth-order valence-electron chi connectivity index (χ4n) is 6.51. The Morgan fingerprint density at radius 1 is 1.08 bits per heavy atom. The summed E-state index contributed by atoms with van der Waals surface area (Å²) in [6, 6.07) is 11.7. The summed E-state index contributed by atoms with van der Waals surface area (Å²) in [7, 11) is 0. The van der Waals surface area contributed by atoms with Gasteiger partial charge in [-0.1, -0.05) is 94.3 Å². The maximum atomic E-state index is 15.6. The first-order chi connectivity index (χ1) is 17.1. The van der Waals surface area contributed by atoms with Gasteiger partial charge in [0.25, 0.3) is 0 Å². The van der Waals surface area contributed by atoms with Crippen LogP contribution in [0.5, 0.6) is 0 Å². The molecule has 3 atom stereocenters. The number of likely N-dealkylation sites (tertiary alicyclic amines) is 1. The molecular weight excluding hydrogens is 497 g/mol. The zero-order valence-electron chi connectivity index (χ0n) is 21.5. The van der Waals surface area contributed by atoms with Crippen molar-refractivity contribution >= 4 is 23.2 Å². The smallest absolute Gasteiger partial charge is 0.145 e. The molecule has 36 heavy (non-hydrogen) atoms. The van der Waals surface area contributed by atoms with Gasteiger partial charge in [0.15, 0.2) is 0 Å². The van der Waals surface area contributed by atoms with Crippen molar-refractivity contribution in [1.82, 2.24) is 4.90 Å². The van der Waals surface area contributed by atoms with Gasteiger partial charge in [-0.25, -0.2) is 8.78 Å². The Hall–Kier alpha value is -1.67. The number of nitriles is 1. The number of rotatable bonds is 6. The van der Waals surface area contributed by atoms with Gasteiger partial charge in [-0.3, -0.25) is 4.90 Å². The fourth-order valence-corrected chi connectivity index (χ4v) is 6.85. The highest BCUT2D eigenvalue weighted by molar-refractivity contribution is 6.31. The quantitative estimate of drug-likeness (QED) is 0.371. The van der Waals surface area contributed by atoms with Crippen molar-refractivity contribution in [3.63, 3.8) is 0 Å². The molecule has 2 nitrogen and oxygen atoms in total. The van der Waals surface area contributed by atoms with E-state index in [1.165, 1.54) is 44.2 Å². The van der Waals surface area contributed by atoms with E-state index in [-0.39, 0.29) is 27.1 Å². The molecule has 1 aliphatic carbocycles. The number of halogens is 4. The van der Waals surface area contributed by atoms with Crippen LogP contribution in [-0.2, 0) is 5.41 Å². The van der Waals surface area contributed by atoms with Gasteiger partial charge in [0.05, 0.1) is 11.1 Å². The molecule has 0 amide bonds. The van der Waals surface area contributed by atoms with Crippen LogP contribution in [0.15, 0.2) is 36.4 Å². The third-order valence-electron chi connectivity index (χ3n) is 8.21. The predicted octanol–water partition coefficient (Wildman–Crippen LogP) is 8.91. The van der Waals surface area contributed by atoms with Crippen molar-refractivity contribution in [3.8, 4) is 6.07 Å². The first-order valence-electron chi connectivity index (χ1n) is 13.1. The van der Waals surface area contributed by atoms with E-state index in [0.717, 1.165) is 13.0 Å². The van der Waals surface area contributed by atoms with Crippen LogP contribution < -0.4 is 0 Å². The van der Waals surface area contributed by atoms with Crippen molar-refractivity contribution < 1.29 is 8.78 Å². The third-order valence-corrected chi connectivity index (χ3v) is 8.73. The maximum Gasteiger partial charge on any atom is 0.145 e. The zero-order valence-corrected chi connectivity index (χ0v) is 23.0. The van der Waals surface area contributed by atoms with E-state index in [1.54, 1.807) is 24.3 Å². The highest BCUT2D eigenvalue weighted by atomic mass is 35.5. The van der Waals surface area contributed by atoms with Crippen LogP contribution in [0, 0.1) is 34.3 Å². The minimum absolute atomic E-state index is 0.0175. The minimum Gasteiger partial charge on any atom is -0.298 e. The lowest BCUT2D eigenvalue weighted by Gasteiger charge is -2.40. The van der Waals surface area contributed by atoms with Gasteiger partial charge in [0.2, 0.25) is 0 Å². The normalized spacial score (nSPS) is 25.7. The molecule has 4 rings (SSSR count). The lowest BCUT2D eigenvalue weighted by Crippen LogP contribution is -2.46. The van der Waals surface area contributed by atoms with Crippen LogP contribution in [0.1, 0.15) is 82.8 Å².